The molecule has 4 heteroatoms. The Labute approximate surface area is 167 Å². The molecule has 1 fully saturated rings. The highest BCUT2D eigenvalue weighted by atomic mass is 16.7. The van der Waals surface area contributed by atoms with E-state index in [1.54, 1.807) is 0 Å². The lowest BCUT2D eigenvalue weighted by Crippen LogP contribution is -2.41. The molecule has 4 rings (SSSR count). The first-order chi connectivity index (χ1) is 13.9. The maximum Gasteiger partial charge on any atom is 0.184 e. The summed E-state index contributed by atoms with van der Waals surface area (Å²) in [6.45, 7) is 1.95. The number of allylic oxidation sites excluding steroid dienone is 2. The standard InChI is InChI=1S/C24H28O4/c1-3-9-19(10-4-1)17-25-16-8-14-21-13-7-15-22-23(27-21)18-26-24(28-22)20-11-5-2-6-12-20/h1-6,9-13,22-24H,7-8,14-18H2/t22-,23+,24+/m1/s1. The van der Waals surface area contributed by atoms with Crippen molar-refractivity contribution in [1.29, 1.82) is 0 Å². The van der Waals surface area contributed by atoms with E-state index < -0.39 is 0 Å². The predicted molar refractivity (Wildman–Crippen MR) is 108 cm³/mol. The molecule has 0 aliphatic carbocycles. The van der Waals surface area contributed by atoms with Gasteiger partial charge in [-0.1, -0.05) is 60.7 Å². The second kappa shape index (κ2) is 9.87. The maximum absolute atomic E-state index is 6.22. The van der Waals surface area contributed by atoms with Crippen molar-refractivity contribution in [1.82, 2.24) is 0 Å². The number of benzene rings is 2. The van der Waals surface area contributed by atoms with E-state index >= 15 is 0 Å². The van der Waals surface area contributed by atoms with E-state index in [4.69, 9.17) is 18.9 Å². The molecule has 0 amide bonds. The Morgan fingerprint density at radius 2 is 1.71 bits per heavy atom. The number of fused-ring (bicyclic) bond motifs is 1. The number of hydrogen-bond donors (Lipinski definition) is 0. The first-order valence-corrected chi connectivity index (χ1v) is 10.2. The van der Waals surface area contributed by atoms with E-state index in [2.05, 4.69) is 18.2 Å². The summed E-state index contributed by atoms with van der Waals surface area (Å²) in [6.07, 6.45) is 5.73. The van der Waals surface area contributed by atoms with Crippen molar-refractivity contribution in [2.75, 3.05) is 13.2 Å². The molecule has 2 aliphatic heterocycles. The third-order valence-electron chi connectivity index (χ3n) is 5.15. The summed E-state index contributed by atoms with van der Waals surface area (Å²) in [6, 6.07) is 20.4. The number of hydrogen-bond acceptors (Lipinski definition) is 4. The lowest BCUT2D eigenvalue weighted by atomic mass is 10.1. The molecule has 2 aliphatic rings. The lowest BCUT2D eigenvalue weighted by Gasteiger charge is -2.36. The summed E-state index contributed by atoms with van der Waals surface area (Å²) in [5.74, 6) is 1.04. The lowest BCUT2D eigenvalue weighted by molar-refractivity contribution is -0.259. The summed E-state index contributed by atoms with van der Waals surface area (Å²) in [4.78, 5) is 0. The Kier molecular flexibility index (Phi) is 6.77. The van der Waals surface area contributed by atoms with Gasteiger partial charge in [0.2, 0.25) is 0 Å². The SMILES string of the molecule is C1=C(CCCOCc2ccccc2)O[C@H]2CO[C@H](c3ccccc3)O[C@@H]2CC1. The summed E-state index contributed by atoms with van der Waals surface area (Å²) in [5, 5.41) is 0. The van der Waals surface area contributed by atoms with Gasteiger partial charge in [-0.05, 0) is 30.9 Å². The highest BCUT2D eigenvalue weighted by Crippen LogP contribution is 2.32. The third-order valence-corrected chi connectivity index (χ3v) is 5.15. The molecule has 0 aromatic heterocycles. The van der Waals surface area contributed by atoms with Crippen molar-refractivity contribution in [3.05, 3.63) is 83.6 Å². The van der Waals surface area contributed by atoms with Gasteiger partial charge in [0.15, 0.2) is 6.29 Å². The first kappa shape index (κ1) is 19.2. The Morgan fingerprint density at radius 3 is 2.54 bits per heavy atom. The highest BCUT2D eigenvalue weighted by Gasteiger charge is 2.35. The van der Waals surface area contributed by atoms with Crippen molar-refractivity contribution >= 4 is 0 Å². The van der Waals surface area contributed by atoms with Crippen molar-refractivity contribution in [2.45, 2.75) is 50.8 Å². The molecule has 0 bridgehead atoms. The molecule has 2 aromatic rings. The van der Waals surface area contributed by atoms with Crippen molar-refractivity contribution < 1.29 is 18.9 Å². The molecule has 2 heterocycles. The Hall–Kier alpha value is -2.14. The van der Waals surface area contributed by atoms with Crippen LogP contribution >= 0.6 is 0 Å². The van der Waals surface area contributed by atoms with E-state index in [1.165, 1.54) is 5.56 Å². The second-order valence-corrected chi connectivity index (χ2v) is 7.30. The van der Waals surface area contributed by atoms with Crippen LogP contribution in [-0.2, 0) is 25.6 Å². The molecular formula is C24H28O4. The molecule has 0 radical (unpaired) electrons. The molecule has 2 aromatic carbocycles. The normalized spacial score (nSPS) is 24.6. The molecule has 0 spiro atoms. The second-order valence-electron chi connectivity index (χ2n) is 7.30. The van der Waals surface area contributed by atoms with Gasteiger partial charge in [-0.2, -0.15) is 0 Å². The molecular weight excluding hydrogens is 352 g/mol. The molecule has 0 N–H and O–H groups in total. The van der Waals surface area contributed by atoms with E-state index in [1.807, 2.05) is 48.5 Å². The van der Waals surface area contributed by atoms with Gasteiger partial charge in [0.1, 0.15) is 12.2 Å². The fourth-order valence-corrected chi connectivity index (χ4v) is 3.65. The van der Waals surface area contributed by atoms with Crippen LogP contribution in [0.5, 0.6) is 0 Å². The van der Waals surface area contributed by atoms with Crippen LogP contribution in [0.4, 0.5) is 0 Å². The fourth-order valence-electron chi connectivity index (χ4n) is 3.65. The van der Waals surface area contributed by atoms with Crippen LogP contribution in [0.3, 0.4) is 0 Å². The smallest absolute Gasteiger partial charge is 0.184 e. The summed E-state index contributed by atoms with van der Waals surface area (Å²) >= 11 is 0. The minimum atomic E-state index is -0.293. The summed E-state index contributed by atoms with van der Waals surface area (Å²) in [5.41, 5.74) is 2.27. The fraction of sp³-hybridized carbons (Fsp3) is 0.417. The largest absolute Gasteiger partial charge is 0.490 e. The Morgan fingerprint density at radius 1 is 0.929 bits per heavy atom. The van der Waals surface area contributed by atoms with Crippen LogP contribution in [0.2, 0.25) is 0 Å². The summed E-state index contributed by atoms with van der Waals surface area (Å²) in [7, 11) is 0. The van der Waals surface area contributed by atoms with Crippen LogP contribution in [0.15, 0.2) is 72.5 Å². The quantitative estimate of drug-likeness (QED) is 0.622. The first-order valence-electron chi connectivity index (χ1n) is 10.2. The zero-order valence-electron chi connectivity index (χ0n) is 16.2. The van der Waals surface area contributed by atoms with E-state index in [9.17, 15) is 0 Å². The van der Waals surface area contributed by atoms with Crippen LogP contribution in [0, 0.1) is 0 Å². The third kappa shape index (κ3) is 5.22. The van der Waals surface area contributed by atoms with Crippen LogP contribution in [-0.4, -0.2) is 25.4 Å². The number of ether oxygens (including phenoxy) is 4. The highest BCUT2D eigenvalue weighted by molar-refractivity contribution is 5.16. The van der Waals surface area contributed by atoms with Crippen molar-refractivity contribution in [3.63, 3.8) is 0 Å². The van der Waals surface area contributed by atoms with Crippen molar-refractivity contribution in [2.24, 2.45) is 0 Å². The molecule has 1 saturated heterocycles. The molecule has 28 heavy (non-hydrogen) atoms. The molecule has 4 nitrogen and oxygen atoms in total. The van der Waals surface area contributed by atoms with E-state index in [0.29, 0.717) is 13.2 Å². The average molecular weight is 380 g/mol. The minimum Gasteiger partial charge on any atom is -0.490 e. The Bertz CT molecular complexity index is 744. The molecule has 3 atom stereocenters. The van der Waals surface area contributed by atoms with Crippen molar-refractivity contribution in [3.8, 4) is 0 Å². The van der Waals surface area contributed by atoms with Gasteiger partial charge in [0.25, 0.3) is 0 Å². The van der Waals surface area contributed by atoms with Gasteiger partial charge in [0.05, 0.1) is 19.0 Å². The Balaban J connectivity index is 1.20. The minimum absolute atomic E-state index is 0.0288. The molecule has 148 valence electrons. The summed E-state index contributed by atoms with van der Waals surface area (Å²) < 4.78 is 24.1. The van der Waals surface area contributed by atoms with Gasteiger partial charge in [0, 0.05) is 18.6 Å². The molecule has 0 saturated carbocycles. The maximum atomic E-state index is 6.22. The van der Waals surface area contributed by atoms with E-state index in [0.717, 1.165) is 43.6 Å². The van der Waals surface area contributed by atoms with Gasteiger partial charge in [-0.3, -0.25) is 0 Å². The van der Waals surface area contributed by atoms with Gasteiger partial charge >= 0.3 is 0 Å². The number of rotatable bonds is 7. The predicted octanol–water partition coefficient (Wildman–Crippen LogP) is 5.16. The molecule has 0 unspecified atom stereocenters. The van der Waals surface area contributed by atoms with Crippen LogP contribution in [0.25, 0.3) is 0 Å². The topological polar surface area (TPSA) is 36.9 Å². The van der Waals surface area contributed by atoms with Crippen LogP contribution < -0.4 is 0 Å². The van der Waals surface area contributed by atoms with E-state index in [-0.39, 0.29) is 18.5 Å². The van der Waals surface area contributed by atoms with Gasteiger partial charge in [-0.15, -0.1) is 0 Å². The van der Waals surface area contributed by atoms with Gasteiger partial charge < -0.3 is 18.9 Å². The zero-order valence-corrected chi connectivity index (χ0v) is 16.2. The van der Waals surface area contributed by atoms with Crippen LogP contribution in [0.1, 0.15) is 43.1 Å². The monoisotopic (exact) mass is 380 g/mol. The van der Waals surface area contributed by atoms with Gasteiger partial charge in [-0.25, -0.2) is 0 Å². The average Bonchev–Trinajstić information content (AvgIpc) is 2.96. The zero-order chi connectivity index (χ0) is 19.0.